The molecule has 0 N–H and O–H groups in total. The van der Waals surface area contributed by atoms with Crippen molar-refractivity contribution in [1.29, 1.82) is 0 Å². The first-order valence-electron chi connectivity index (χ1n) is 7.27. The van der Waals surface area contributed by atoms with Gasteiger partial charge in [-0.2, -0.15) is 0 Å². The Hall–Kier alpha value is -2.45. The largest absolute Gasteiger partial charge is 0.276 e. The third-order valence-electron chi connectivity index (χ3n) is 3.60. The predicted molar refractivity (Wildman–Crippen MR) is 95.0 cm³/mol. The highest BCUT2D eigenvalue weighted by atomic mass is 32.2. The van der Waals surface area contributed by atoms with E-state index in [1.165, 1.54) is 23.1 Å². The van der Waals surface area contributed by atoms with Gasteiger partial charge in [0.2, 0.25) is 0 Å². The average Bonchev–Trinajstić information content (AvgIpc) is 3.22. The molecule has 0 fully saturated rings. The maximum Gasteiger partial charge on any atom is 0.258 e. The number of para-hydroxylation sites is 1. The standard InChI is InChI=1S/C16H13N5OS2/c1-11-4-2-3-5-13(11)21-10-17-19-16(21)24-9-12-8-14(22)20-6-7-23-15(20)18-12/h2-8,10H,9H2,1H3. The number of hydrogen-bond acceptors (Lipinski definition) is 6. The van der Waals surface area contributed by atoms with E-state index >= 15 is 0 Å². The van der Waals surface area contributed by atoms with Crippen LogP contribution in [0.25, 0.3) is 10.6 Å². The number of aromatic nitrogens is 5. The number of rotatable bonds is 4. The van der Waals surface area contributed by atoms with Gasteiger partial charge in [-0.15, -0.1) is 21.5 Å². The molecule has 0 saturated heterocycles. The van der Waals surface area contributed by atoms with Crippen molar-refractivity contribution in [3.63, 3.8) is 0 Å². The zero-order valence-electron chi connectivity index (χ0n) is 12.8. The van der Waals surface area contributed by atoms with E-state index in [0.717, 1.165) is 22.1 Å². The lowest BCUT2D eigenvalue weighted by Crippen LogP contribution is -2.12. The Balaban J connectivity index is 1.61. The summed E-state index contributed by atoms with van der Waals surface area (Å²) in [6, 6.07) is 9.65. The molecule has 0 amide bonds. The molecule has 4 rings (SSSR count). The van der Waals surface area contributed by atoms with E-state index in [2.05, 4.69) is 28.2 Å². The van der Waals surface area contributed by atoms with Crippen LogP contribution in [0.1, 0.15) is 11.3 Å². The summed E-state index contributed by atoms with van der Waals surface area (Å²) in [5, 5.41) is 10.8. The lowest BCUT2D eigenvalue weighted by atomic mass is 10.2. The third-order valence-corrected chi connectivity index (χ3v) is 5.33. The first-order valence-corrected chi connectivity index (χ1v) is 9.13. The molecule has 0 unspecified atom stereocenters. The van der Waals surface area contributed by atoms with Crippen LogP contribution in [-0.4, -0.2) is 24.1 Å². The molecule has 0 bridgehead atoms. The lowest BCUT2D eigenvalue weighted by molar-refractivity contribution is 0.877. The van der Waals surface area contributed by atoms with Crippen LogP contribution in [-0.2, 0) is 5.75 Å². The molecule has 8 heteroatoms. The number of thioether (sulfide) groups is 1. The van der Waals surface area contributed by atoms with Gasteiger partial charge in [0.25, 0.3) is 5.56 Å². The highest BCUT2D eigenvalue weighted by Gasteiger charge is 2.11. The molecule has 6 nitrogen and oxygen atoms in total. The minimum atomic E-state index is -0.0581. The van der Waals surface area contributed by atoms with E-state index in [0.29, 0.717) is 10.7 Å². The van der Waals surface area contributed by atoms with Gasteiger partial charge < -0.3 is 0 Å². The van der Waals surface area contributed by atoms with Crippen molar-refractivity contribution in [2.75, 3.05) is 0 Å². The van der Waals surface area contributed by atoms with Crippen molar-refractivity contribution in [2.45, 2.75) is 17.8 Å². The average molecular weight is 355 g/mol. The van der Waals surface area contributed by atoms with Gasteiger partial charge in [0.05, 0.1) is 11.4 Å². The van der Waals surface area contributed by atoms with Crippen molar-refractivity contribution in [3.8, 4) is 5.69 Å². The van der Waals surface area contributed by atoms with Gasteiger partial charge in [0, 0.05) is 23.4 Å². The highest BCUT2D eigenvalue weighted by Crippen LogP contribution is 2.24. The van der Waals surface area contributed by atoms with E-state index in [4.69, 9.17) is 0 Å². The van der Waals surface area contributed by atoms with Crippen LogP contribution < -0.4 is 5.56 Å². The van der Waals surface area contributed by atoms with Crippen molar-refractivity contribution >= 4 is 28.1 Å². The molecule has 0 radical (unpaired) electrons. The van der Waals surface area contributed by atoms with Gasteiger partial charge in [0.1, 0.15) is 6.33 Å². The number of fused-ring (bicyclic) bond motifs is 1. The Morgan fingerprint density at radius 3 is 3.04 bits per heavy atom. The number of thiazole rings is 1. The smallest absolute Gasteiger partial charge is 0.258 e. The number of aryl methyl sites for hydroxylation is 1. The fraction of sp³-hybridized carbons (Fsp3) is 0.125. The van der Waals surface area contributed by atoms with Crippen LogP contribution in [0.4, 0.5) is 0 Å². The normalized spacial score (nSPS) is 11.2. The second-order valence-corrected chi connectivity index (χ2v) is 7.02. The fourth-order valence-electron chi connectivity index (χ4n) is 2.42. The summed E-state index contributed by atoms with van der Waals surface area (Å²) in [7, 11) is 0. The summed E-state index contributed by atoms with van der Waals surface area (Å²) in [6.45, 7) is 2.05. The Kier molecular flexibility index (Phi) is 3.91. The summed E-state index contributed by atoms with van der Waals surface area (Å²) in [6.07, 6.45) is 3.44. The van der Waals surface area contributed by atoms with Crippen LogP contribution in [0.2, 0.25) is 0 Å². The van der Waals surface area contributed by atoms with Crippen molar-refractivity contribution in [1.82, 2.24) is 24.1 Å². The summed E-state index contributed by atoms with van der Waals surface area (Å²) in [5.41, 5.74) is 2.88. The first kappa shape index (κ1) is 15.1. The lowest BCUT2D eigenvalue weighted by Gasteiger charge is -2.08. The Morgan fingerprint density at radius 1 is 1.29 bits per heavy atom. The Morgan fingerprint density at radius 2 is 2.17 bits per heavy atom. The monoisotopic (exact) mass is 355 g/mol. The SMILES string of the molecule is Cc1ccccc1-n1cnnc1SCc1cc(=O)n2ccsc2n1. The summed E-state index contributed by atoms with van der Waals surface area (Å²) < 4.78 is 3.51. The number of nitrogens with zero attached hydrogens (tertiary/aromatic N) is 5. The van der Waals surface area contributed by atoms with E-state index in [1.807, 2.05) is 28.1 Å². The van der Waals surface area contributed by atoms with Crippen LogP contribution in [0.15, 0.2) is 58.2 Å². The molecule has 4 aromatic rings. The van der Waals surface area contributed by atoms with E-state index in [1.54, 1.807) is 23.0 Å². The molecule has 0 aliphatic carbocycles. The van der Waals surface area contributed by atoms with Gasteiger partial charge in [0.15, 0.2) is 10.1 Å². The third kappa shape index (κ3) is 2.74. The number of benzene rings is 1. The molecular weight excluding hydrogens is 342 g/mol. The predicted octanol–water partition coefficient (Wildman–Crippen LogP) is 2.94. The minimum absolute atomic E-state index is 0.0581. The maximum atomic E-state index is 12.0. The molecule has 0 aliphatic rings. The molecule has 120 valence electrons. The maximum absolute atomic E-state index is 12.0. The molecule has 1 aromatic carbocycles. The molecule has 0 atom stereocenters. The molecule has 24 heavy (non-hydrogen) atoms. The van der Waals surface area contributed by atoms with E-state index in [-0.39, 0.29) is 5.56 Å². The fourth-order valence-corrected chi connectivity index (χ4v) is 3.98. The van der Waals surface area contributed by atoms with Gasteiger partial charge in [-0.25, -0.2) is 4.98 Å². The van der Waals surface area contributed by atoms with Crippen molar-refractivity contribution < 1.29 is 0 Å². The minimum Gasteiger partial charge on any atom is -0.276 e. The van der Waals surface area contributed by atoms with Gasteiger partial charge in [-0.3, -0.25) is 13.8 Å². The van der Waals surface area contributed by atoms with Crippen LogP contribution in [0.5, 0.6) is 0 Å². The first-order chi connectivity index (χ1) is 11.7. The molecule has 0 saturated carbocycles. The van der Waals surface area contributed by atoms with Crippen LogP contribution in [0.3, 0.4) is 0 Å². The van der Waals surface area contributed by atoms with E-state index in [9.17, 15) is 4.79 Å². The van der Waals surface area contributed by atoms with Crippen molar-refractivity contribution in [2.24, 2.45) is 0 Å². The topological polar surface area (TPSA) is 65.1 Å². The quantitative estimate of drug-likeness (QED) is 0.527. The van der Waals surface area contributed by atoms with E-state index < -0.39 is 0 Å². The highest BCUT2D eigenvalue weighted by molar-refractivity contribution is 7.98. The summed E-state index contributed by atoms with van der Waals surface area (Å²) in [4.78, 5) is 17.3. The zero-order chi connectivity index (χ0) is 16.5. The molecule has 0 spiro atoms. The van der Waals surface area contributed by atoms with Gasteiger partial charge in [-0.1, -0.05) is 30.0 Å². The van der Waals surface area contributed by atoms with Crippen LogP contribution >= 0.6 is 23.1 Å². The second-order valence-electron chi connectivity index (χ2n) is 5.20. The van der Waals surface area contributed by atoms with Crippen LogP contribution in [0, 0.1) is 6.92 Å². The molecule has 3 aromatic heterocycles. The van der Waals surface area contributed by atoms with Crippen molar-refractivity contribution in [3.05, 3.63) is 69.8 Å². The second kappa shape index (κ2) is 6.21. The van der Waals surface area contributed by atoms with Gasteiger partial charge in [-0.05, 0) is 18.6 Å². The molecule has 0 aliphatic heterocycles. The Labute approximate surface area is 145 Å². The summed E-state index contributed by atoms with van der Waals surface area (Å²) >= 11 is 2.96. The summed E-state index contributed by atoms with van der Waals surface area (Å²) in [5.74, 6) is 0.564. The Bertz CT molecular complexity index is 1070. The number of hydrogen-bond donors (Lipinski definition) is 0. The molecular formula is C16H13N5OS2. The van der Waals surface area contributed by atoms with Gasteiger partial charge >= 0.3 is 0 Å². The molecule has 3 heterocycles. The zero-order valence-corrected chi connectivity index (χ0v) is 14.4.